The zero-order valence-electron chi connectivity index (χ0n) is 21.1. The fourth-order valence-corrected chi connectivity index (χ4v) is 6.98. The fraction of sp³-hybridized carbons (Fsp3) is 0.556. The monoisotopic (exact) mass is 472 g/mol. The summed E-state index contributed by atoms with van der Waals surface area (Å²) in [5, 5.41) is 16.3. The van der Waals surface area contributed by atoms with Gasteiger partial charge in [0.05, 0.1) is 23.3 Å². The van der Waals surface area contributed by atoms with Crippen molar-refractivity contribution in [3.63, 3.8) is 0 Å². The number of hydrogen-bond acceptors (Lipinski definition) is 6. The minimum Gasteiger partial charge on any atom is -0.373 e. The number of anilines is 2. The Labute approximate surface area is 207 Å². The number of nitrogens with one attached hydrogen (secondary N) is 2. The summed E-state index contributed by atoms with van der Waals surface area (Å²) in [6.07, 6.45) is 16.1. The largest absolute Gasteiger partial charge is 0.373 e. The summed E-state index contributed by atoms with van der Waals surface area (Å²) in [6.45, 7) is 7.00. The SMILES string of the molecule is CNc1nc(C)cc(N2CCc3c(c(C)nn3CC34CCC(n5ccnc5)(CC3)CC4)C2)c1C=N. The smallest absolute Gasteiger partial charge is 0.136 e. The zero-order valence-corrected chi connectivity index (χ0v) is 21.1. The van der Waals surface area contributed by atoms with Crippen molar-refractivity contribution in [1.82, 2.24) is 24.3 Å². The van der Waals surface area contributed by atoms with E-state index in [2.05, 4.69) is 48.6 Å². The fourth-order valence-electron chi connectivity index (χ4n) is 6.98. The van der Waals surface area contributed by atoms with Crippen LogP contribution >= 0.6 is 0 Å². The molecule has 4 heterocycles. The van der Waals surface area contributed by atoms with Crippen LogP contribution in [0, 0.1) is 24.7 Å². The Morgan fingerprint density at radius 2 is 1.91 bits per heavy atom. The molecule has 8 heteroatoms. The quantitative estimate of drug-likeness (QED) is 0.518. The van der Waals surface area contributed by atoms with Crippen molar-refractivity contribution < 1.29 is 0 Å². The lowest BCUT2D eigenvalue weighted by Crippen LogP contribution is -2.49. The second-order valence-electron chi connectivity index (χ2n) is 11.0. The average Bonchev–Trinajstić information content (AvgIpc) is 3.53. The van der Waals surface area contributed by atoms with Crippen LogP contribution < -0.4 is 10.2 Å². The van der Waals surface area contributed by atoms with Crippen molar-refractivity contribution in [3.8, 4) is 0 Å². The highest BCUT2D eigenvalue weighted by Crippen LogP contribution is 2.56. The molecule has 35 heavy (non-hydrogen) atoms. The molecule has 7 rings (SSSR count). The summed E-state index contributed by atoms with van der Waals surface area (Å²) in [7, 11) is 1.87. The maximum Gasteiger partial charge on any atom is 0.136 e. The molecule has 4 aliphatic rings. The summed E-state index contributed by atoms with van der Waals surface area (Å²) in [6, 6.07) is 2.11. The summed E-state index contributed by atoms with van der Waals surface area (Å²) in [5.74, 6) is 0.772. The summed E-state index contributed by atoms with van der Waals surface area (Å²) >= 11 is 0. The predicted molar refractivity (Wildman–Crippen MR) is 138 cm³/mol. The molecule has 0 aromatic carbocycles. The molecule has 3 aliphatic carbocycles. The van der Waals surface area contributed by atoms with E-state index in [1.165, 1.54) is 56.0 Å². The minimum atomic E-state index is 0.291. The third-order valence-electron chi connectivity index (χ3n) is 9.12. The van der Waals surface area contributed by atoms with Crippen LogP contribution in [0.3, 0.4) is 0 Å². The van der Waals surface area contributed by atoms with E-state index in [-0.39, 0.29) is 0 Å². The predicted octanol–water partition coefficient (Wildman–Crippen LogP) is 4.44. The Hall–Kier alpha value is -3.16. The van der Waals surface area contributed by atoms with Gasteiger partial charge in [0.25, 0.3) is 0 Å². The molecule has 3 aromatic rings. The molecule has 3 fully saturated rings. The number of aromatic nitrogens is 5. The Balaban J connectivity index is 1.23. The zero-order chi connectivity index (χ0) is 24.2. The first-order valence-corrected chi connectivity index (χ1v) is 12.9. The molecule has 3 saturated carbocycles. The van der Waals surface area contributed by atoms with Crippen LogP contribution in [0.5, 0.6) is 0 Å². The van der Waals surface area contributed by atoms with Crippen LogP contribution in [0.25, 0.3) is 0 Å². The number of hydrogen-bond donors (Lipinski definition) is 2. The standard InChI is InChI=1S/C27H36N8/c1-19-14-24(21(15-28)25(29-3)31-19)33-12-4-23-22(16-33)20(2)32-35(23)17-26-5-8-27(9-6-26,10-7-26)34-13-11-30-18-34/h11,13-15,18,28H,4-10,12,16-17H2,1-3H3,(H,29,31). The highest BCUT2D eigenvalue weighted by molar-refractivity contribution is 5.92. The molecule has 0 saturated heterocycles. The van der Waals surface area contributed by atoms with Gasteiger partial charge in [0.15, 0.2) is 0 Å². The van der Waals surface area contributed by atoms with E-state index < -0.39 is 0 Å². The third-order valence-corrected chi connectivity index (χ3v) is 9.12. The van der Waals surface area contributed by atoms with Crippen molar-refractivity contribution in [1.29, 1.82) is 5.41 Å². The van der Waals surface area contributed by atoms with Crippen molar-refractivity contribution in [2.24, 2.45) is 5.41 Å². The normalized spacial score (nSPS) is 25.5. The van der Waals surface area contributed by atoms with Crippen LogP contribution in [0.1, 0.15) is 66.7 Å². The van der Waals surface area contributed by atoms with Crippen molar-refractivity contribution in [2.75, 3.05) is 23.8 Å². The second-order valence-corrected chi connectivity index (χ2v) is 11.0. The molecule has 8 nitrogen and oxygen atoms in total. The summed E-state index contributed by atoms with van der Waals surface area (Å²) in [5.41, 5.74) is 7.51. The first-order chi connectivity index (χ1) is 17.0. The number of nitrogens with zero attached hydrogens (tertiary/aromatic N) is 6. The van der Waals surface area contributed by atoms with Gasteiger partial charge in [-0.15, -0.1) is 0 Å². The number of fused-ring (bicyclic) bond motifs is 4. The maximum absolute atomic E-state index is 8.01. The van der Waals surface area contributed by atoms with E-state index in [0.717, 1.165) is 54.5 Å². The molecule has 0 atom stereocenters. The summed E-state index contributed by atoms with van der Waals surface area (Å²) < 4.78 is 4.75. The van der Waals surface area contributed by atoms with Gasteiger partial charge >= 0.3 is 0 Å². The lowest BCUT2D eigenvalue weighted by atomic mass is 9.57. The molecule has 0 spiro atoms. The Bertz CT molecular complexity index is 1230. The van der Waals surface area contributed by atoms with E-state index in [1.54, 1.807) is 0 Å². The van der Waals surface area contributed by atoms with Crippen LogP contribution in [0.15, 0.2) is 24.8 Å². The Morgan fingerprint density at radius 3 is 2.57 bits per heavy atom. The molecular weight excluding hydrogens is 436 g/mol. The van der Waals surface area contributed by atoms with Gasteiger partial charge in [-0.3, -0.25) is 4.68 Å². The number of aryl methyl sites for hydroxylation is 2. The molecule has 2 bridgehead atoms. The molecular formula is C27H36N8. The van der Waals surface area contributed by atoms with Crippen molar-refractivity contribution in [2.45, 2.75) is 77.4 Å². The highest BCUT2D eigenvalue weighted by Gasteiger charge is 2.50. The Morgan fingerprint density at radius 1 is 1.14 bits per heavy atom. The van der Waals surface area contributed by atoms with E-state index in [1.807, 2.05) is 26.5 Å². The number of rotatable bonds is 6. The molecule has 1 aliphatic heterocycles. The third kappa shape index (κ3) is 3.56. The lowest BCUT2D eigenvalue weighted by Gasteiger charge is -2.54. The molecule has 3 aromatic heterocycles. The van der Waals surface area contributed by atoms with Gasteiger partial charge in [-0.1, -0.05) is 0 Å². The second kappa shape index (κ2) is 8.21. The molecule has 0 radical (unpaired) electrons. The summed E-state index contributed by atoms with van der Waals surface area (Å²) in [4.78, 5) is 11.3. The number of pyridine rings is 1. The van der Waals surface area contributed by atoms with E-state index in [0.29, 0.717) is 11.0 Å². The van der Waals surface area contributed by atoms with Crippen LogP contribution in [-0.4, -0.2) is 44.1 Å². The topological polar surface area (TPSA) is 87.7 Å². The van der Waals surface area contributed by atoms with E-state index >= 15 is 0 Å². The van der Waals surface area contributed by atoms with Crippen LogP contribution in [0.4, 0.5) is 11.5 Å². The molecule has 2 N–H and O–H groups in total. The highest BCUT2D eigenvalue weighted by atomic mass is 15.3. The van der Waals surface area contributed by atoms with Gasteiger partial charge in [0.2, 0.25) is 0 Å². The van der Waals surface area contributed by atoms with Crippen molar-refractivity contribution in [3.05, 3.63) is 53.0 Å². The number of imidazole rings is 1. The first-order valence-electron chi connectivity index (χ1n) is 12.9. The van der Waals surface area contributed by atoms with E-state index in [9.17, 15) is 0 Å². The van der Waals surface area contributed by atoms with Gasteiger partial charge in [0.1, 0.15) is 5.82 Å². The van der Waals surface area contributed by atoms with E-state index in [4.69, 9.17) is 10.5 Å². The molecule has 184 valence electrons. The van der Waals surface area contributed by atoms with Gasteiger partial charge < -0.3 is 20.2 Å². The van der Waals surface area contributed by atoms with Gasteiger partial charge in [-0.2, -0.15) is 5.10 Å². The maximum atomic E-state index is 8.01. The van der Waals surface area contributed by atoms with Crippen molar-refractivity contribution >= 4 is 17.7 Å². The lowest BCUT2D eigenvalue weighted by molar-refractivity contribution is -0.0139. The van der Waals surface area contributed by atoms with Gasteiger partial charge in [-0.25, -0.2) is 9.97 Å². The van der Waals surface area contributed by atoms with Gasteiger partial charge in [0, 0.05) is 74.2 Å². The van der Waals surface area contributed by atoms with Crippen LogP contribution in [0.2, 0.25) is 0 Å². The average molecular weight is 473 g/mol. The van der Waals surface area contributed by atoms with Gasteiger partial charge in [-0.05, 0) is 63.9 Å². The van der Waals surface area contributed by atoms with Crippen LogP contribution in [-0.2, 0) is 25.0 Å². The Kier molecular flexibility index (Phi) is 5.23. The molecule has 0 unspecified atom stereocenters. The minimum absolute atomic E-state index is 0.291. The molecule has 0 amide bonds. The first kappa shape index (κ1) is 22.3.